The molecule has 0 aromatic heterocycles. The number of carbonyl (C=O) groups excluding carboxylic acids is 1. The van der Waals surface area contributed by atoms with Crippen molar-refractivity contribution >= 4 is 16.3 Å². The molecular weight excluding hydrogens is 907 g/mol. The second-order valence-corrected chi connectivity index (χ2v) is 21.6. The molecule has 1 rings (SSSR count). The summed E-state index contributed by atoms with van der Waals surface area (Å²) in [5.74, 6) is -0.234. The minimum Gasteiger partial charge on any atom is -0.394 e. The van der Waals surface area contributed by atoms with Gasteiger partial charge in [0, 0.05) is 6.42 Å². The van der Waals surface area contributed by atoms with Gasteiger partial charge < -0.3 is 35.2 Å². The Bertz CT molecular complexity index is 1330. The molecule has 414 valence electrons. The minimum absolute atomic E-state index is 0.234. The third-order valence-corrected chi connectivity index (χ3v) is 14.5. The molecule has 0 bridgehead atoms. The first-order chi connectivity index (χ1) is 34.0. The van der Waals surface area contributed by atoms with E-state index in [0.29, 0.717) is 12.8 Å². The van der Waals surface area contributed by atoms with Crippen LogP contribution in [0.5, 0.6) is 0 Å². The molecule has 1 heterocycles. The summed E-state index contributed by atoms with van der Waals surface area (Å²) in [5.41, 5.74) is 0. The van der Waals surface area contributed by atoms with Crippen molar-refractivity contribution in [3.8, 4) is 0 Å². The molecular formula is C57H109NO11S. The van der Waals surface area contributed by atoms with Crippen LogP contribution < -0.4 is 5.32 Å². The van der Waals surface area contributed by atoms with Crippen molar-refractivity contribution in [2.45, 2.75) is 320 Å². The van der Waals surface area contributed by atoms with Crippen LogP contribution in [0.25, 0.3) is 0 Å². The van der Waals surface area contributed by atoms with E-state index in [1.165, 1.54) is 186 Å². The summed E-state index contributed by atoms with van der Waals surface area (Å²) in [6.45, 7) is 3.49. The number of rotatable bonds is 51. The monoisotopic (exact) mass is 1020 g/mol. The van der Waals surface area contributed by atoms with Gasteiger partial charge in [-0.15, -0.1) is 0 Å². The molecule has 70 heavy (non-hydrogen) atoms. The molecule has 0 radical (unpaired) electrons. The largest absolute Gasteiger partial charge is 0.397 e. The van der Waals surface area contributed by atoms with Crippen molar-refractivity contribution in [3.63, 3.8) is 0 Å². The lowest BCUT2D eigenvalue weighted by atomic mass is 9.99. The normalized spacial score (nSPS) is 19.7. The van der Waals surface area contributed by atoms with E-state index in [-0.39, 0.29) is 18.9 Å². The highest BCUT2D eigenvalue weighted by Gasteiger charge is 2.48. The van der Waals surface area contributed by atoms with Gasteiger partial charge in [0.15, 0.2) is 6.29 Å². The van der Waals surface area contributed by atoms with Crippen LogP contribution in [0.2, 0.25) is 0 Å². The van der Waals surface area contributed by atoms with Crippen molar-refractivity contribution in [2.24, 2.45) is 0 Å². The summed E-state index contributed by atoms with van der Waals surface area (Å²) in [6, 6.07) is -0.862. The number of hydrogen-bond acceptors (Lipinski definition) is 10. The van der Waals surface area contributed by atoms with Crippen LogP contribution in [-0.4, -0.2) is 95.4 Å². The molecule has 7 unspecified atom stereocenters. The molecule has 1 saturated heterocycles. The zero-order valence-corrected chi connectivity index (χ0v) is 45.7. The number of ether oxygens (including phenoxy) is 2. The van der Waals surface area contributed by atoms with E-state index in [9.17, 15) is 38.2 Å². The Morgan fingerprint density at radius 2 is 0.957 bits per heavy atom. The molecule has 0 aromatic carbocycles. The van der Waals surface area contributed by atoms with E-state index in [0.717, 1.165) is 57.8 Å². The first kappa shape index (κ1) is 66.6. The van der Waals surface area contributed by atoms with E-state index in [4.69, 9.17) is 9.47 Å². The topological polar surface area (TPSA) is 192 Å². The molecule has 0 aliphatic carbocycles. The third kappa shape index (κ3) is 39.1. The van der Waals surface area contributed by atoms with E-state index in [1.807, 2.05) is 0 Å². The van der Waals surface area contributed by atoms with Gasteiger partial charge in [-0.25, -0.2) is 4.18 Å². The van der Waals surface area contributed by atoms with Crippen LogP contribution in [0.1, 0.15) is 277 Å². The highest BCUT2D eigenvalue weighted by molar-refractivity contribution is 7.80. The lowest BCUT2D eigenvalue weighted by Crippen LogP contribution is -2.61. The van der Waals surface area contributed by atoms with Crippen LogP contribution >= 0.6 is 0 Å². The second kappa shape index (κ2) is 47.3. The van der Waals surface area contributed by atoms with Gasteiger partial charge in [0.2, 0.25) is 5.91 Å². The lowest BCUT2D eigenvalue weighted by Gasteiger charge is -2.41. The number of unbranched alkanes of at least 4 members (excludes halogenated alkanes) is 35. The molecule has 0 spiro atoms. The van der Waals surface area contributed by atoms with Crippen molar-refractivity contribution < 1.29 is 51.8 Å². The number of carbonyl (C=O) groups is 1. The maximum absolute atomic E-state index is 13.1. The number of aliphatic hydroxyl groups excluding tert-OH is 4. The van der Waals surface area contributed by atoms with Gasteiger partial charge in [0.1, 0.15) is 24.4 Å². The molecule has 1 aliphatic rings. The standard InChI is InChI=1S/C57H109NO11S/c1-3-5-7-9-11-13-15-17-19-21-23-25-26-27-29-31-33-35-37-39-41-43-45-47-53(61)58-50(49-67-57-55(63)56(69-70(64,65)66)54(62)52(48-59)68-57)51(60)46-44-42-40-38-36-34-32-30-28-24-22-20-18-16-14-12-10-8-6-4-2/h23,25,27,29,50-52,54-57,59-60,62-63H,3-22,24,26,28,30-49H2,1-2H3,(H,58,61)(H,64,65,66)/b25-23-,29-27-. The fraction of sp³-hybridized carbons (Fsp3) is 0.912. The highest BCUT2D eigenvalue weighted by atomic mass is 32.3. The Kier molecular flexibility index (Phi) is 45.0. The number of nitrogens with one attached hydrogen (secondary N) is 1. The molecule has 7 atom stereocenters. The van der Waals surface area contributed by atoms with Gasteiger partial charge in [0.05, 0.1) is 25.4 Å². The average molecular weight is 1020 g/mol. The van der Waals surface area contributed by atoms with Crippen molar-refractivity contribution in [3.05, 3.63) is 24.3 Å². The van der Waals surface area contributed by atoms with E-state index in [2.05, 4.69) is 47.7 Å². The van der Waals surface area contributed by atoms with Crippen LogP contribution in [0.4, 0.5) is 0 Å². The Labute approximate surface area is 429 Å². The summed E-state index contributed by atoms with van der Waals surface area (Å²) < 4.78 is 47.9. The first-order valence-corrected chi connectivity index (χ1v) is 30.6. The van der Waals surface area contributed by atoms with Crippen molar-refractivity contribution in [1.82, 2.24) is 5.32 Å². The molecule has 6 N–H and O–H groups in total. The maximum Gasteiger partial charge on any atom is 0.397 e. The van der Waals surface area contributed by atoms with Gasteiger partial charge in [-0.05, 0) is 44.9 Å². The quantitative estimate of drug-likeness (QED) is 0.0193. The van der Waals surface area contributed by atoms with Crippen LogP contribution in [-0.2, 0) is 28.9 Å². The molecule has 12 nitrogen and oxygen atoms in total. The van der Waals surface area contributed by atoms with E-state index >= 15 is 0 Å². The molecule has 0 aromatic rings. The predicted octanol–water partition coefficient (Wildman–Crippen LogP) is 13.6. The average Bonchev–Trinajstić information content (AvgIpc) is 3.33. The summed E-state index contributed by atoms with van der Waals surface area (Å²) in [4.78, 5) is 13.1. The Morgan fingerprint density at radius 1 is 0.571 bits per heavy atom. The number of aliphatic hydroxyl groups is 4. The number of hydrogen-bond donors (Lipinski definition) is 6. The van der Waals surface area contributed by atoms with Crippen molar-refractivity contribution in [2.75, 3.05) is 13.2 Å². The summed E-state index contributed by atoms with van der Waals surface area (Å²) in [7, 11) is -5.08. The molecule has 1 fully saturated rings. The molecule has 0 saturated carbocycles. The van der Waals surface area contributed by atoms with Gasteiger partial charge >= 0.3 is 10.4 Å². The van der Waals surface area contributed by atoms with E-state index < -0.39 is 59.9 Å². The molecule has 1 amide bonds. The molecule has 1 aliphatic heterocycles. The van der Waals surface area contributed by atoms with Gasteiger partial charge in [-0.3, -0.25) is 9.35 Å². The Balaban J connectivity index is 2.36. The second-order valence-electron chi connectivity index (χ2n) is 20.6. The smallest absolute Gasteiger partial charge is 0.394 e. The fourth-order valence-electron chi connectivity index (χ4n) is 9.49. The van der Waals surface area contributed by atoms with Gasteiger partial charge in [-0.1, -0.05) is 250 Å². The zero-order valence-electron chi connectivity index (χ0n) is 44.9. The lowest BCUT2D eigenvalue weighted by molar-refractivity contribution is -0.298. The molecule has 13 heteroatoms. The first-order valence-electron chi connectivity index (χ1n) is 29.2. The summed E-state index contributed by atoms with van der Waals surface area (Å²) >= 11 is 0. The maximum atomic E-state index is 13.1. The van der Waals surface area contributed by atoms with Crippen LogP contribution in [0.15, 0.2) is 24.3 Å². The fourth-order valence-corrected chi connectivity index (χ4v) is 10.0. The van der Waals surface area contributed by atoms with Gasteiger partial charge in [-0.2, -0.15) is 8.42 Å². The summed E-state index contributed by atoms with van der Waals surface area (Å²) in [5, 5.41) is 45.1. The Hall–Kier alpha value is -1.42. The van der Waals surface area contributed by atoms with Gasteiger partial charge in [0.25, 0.3) is 0 Å². The zero-order chi connectivity index (χ0) is 51.2. The minimum atomic E-state index is -5.08. The highest BCUT2D eigenvalue weighted by Crippen LogP contribution is 2.26. The van der Waals surface area contributed by atoms with Crippen molar-refractivity contribution in [1.29, 1.82) is 0 Å². The SMILES string of the molecule is CCCCCCCCCCC/C=C\C/C=C\CCCCCCCCCC(=O)NC(COC1OC(CO)C(O)C(OS(=O)(=O)O)C1O)C(O)CCCCCCCCCCCCCCCCCCCCCC. The number of allylic oxidation sites excluding steroid dienone is 4. The number of amides is 1. The van der Waals surface area contributed by atoms with Crippen LogP contribution in [0, 0.1) is 0 Å². The van der Waals surface area contributed by atoms with Crippen LogP contribution in [0.3, 0.4) is 0 Å². The predicted molar refractivity (Wildman–Crippen MR) is 287 cm³/mol. The summed E-state index contributed by atoms with van der Waals surface area (Å²) in [6.07, 6.45) is 48.9. The third-order valence-electron chi connectivity index (χ3n) is 14.0. The Morgan fingerprint density at radius 3 is 1.36 bits per heavy atom. The van der Waals surface area contributed by atoms with E-state index in [1.54, 1.807) is 0 Å².